The Balaban J connectivity index is 0. The van der Waals surface area contributed by atoms with Crippen LogP contribution in [0, 0.1) is 0 Å². The van der Waals surface area contributed by atoms with Crippen LogP contribution in [0.5, 0.6) is 0 Å². The molecule has 0 radical (unpaired) electrons. The Kier molecular flexibility index (Phi) is 12.0. The maximum absolute atomic E-state index is 11.0. The Morgan fingerprint density at radius 2 is 1.83 bits per heavy atom. The third-order valence-corrected chi connectivity index (χ3v) is 1.56. The van der Waals surface area contributed by atoms with Gasteiger partial charge in [-0.2, -0.15) is 4.89 Å². The van der Waals surface area contributed by atoms with Crippen molar-refractivity contribution in [3.63, 3.8) is 0 Å². The molecule has 0 aliphatic carbocycles. The summed E-state index contributed by atoms with van der Waals surface area (Å²) in [7, 11) is 1.28. The normalized spacial score (nSPS) is 9.89. The van der Waals surface area contributed by atoms with E-state index in [0.29, 0.717) is 18.6 Å². The second-order valence-electron chi connectivity index (χ2n) is 3.07. The predicted molar refractivity (Wildman–Crippen MR) is 65.6 cm³/mol. The first kappa shape index (κ1) is 18.5. The number of rotatable bonds is 6. The summed E-state index contributed by atoms with van der Waals surface area (Å²) in [5, 5.41) is 7.89. The van der Waals surface area contributed by atoms with E-state index in [1.807, 2.05) is 13.8 Å². The molecule has 18 heavy (non-hydrogen) atoms. The zero-order chi connectivity index (χ0) is 14.6. The topological polar surface area (TPSA) is 82.1 Å². The molecule has 0 saturated heterocycles. The van der Waals surface area contributed by atoms with Gasteiger partial charge in [0.25, 0.3) is 0 Å². The molecule has 0 heterocycles. The van der Waals surface area contributed by atoms with Crippen LogP contribution in [-0.4, -0.2) is 30.8 Å². The molecule has 0 aromatic rings. The third kappa shape index (κ3) is 10.7. The van der Waals surface area contributed by atoms with E-state index in [9.17, 15) is 9.59 Å². The van der Waals surface area contributed by atoms with Crippen molar-refractivity contribution in [1.82, 2.24) is 0 Å². The molecule has 0 rings (SSSR count). The van der Waals surface area contributed by atoms with Gasteiger partial charge < -0.3 is 9.84 Å². The molecule has 0 spiro atoms. The van der Waals surface area contributed by atoms with Crippen LogP contribution in [0.4, 0.5) is 0 Å². The van der Waals surface area contributed by atoms with Crippen molar-refractivity contribution in [2.45, 2.75) is 27.2 Å². The lowest BCUT2D eigenvalue weighted by Crippen LogP contribution is -2.07. The second-order valence-corrected chi connectivity index (χ2v) is 3.07. The zero-order valence-corrected chi connectivity index (χ0v) is 11.2. The number of carbonyl (C=O) groups excluding carboxylic acids is 1. The van der Waals surface area contributed by atoms with E-state index in [4.69, 9.17) is 9.84 Å². The highest BCUT2D eigenvalue weighted by Gasteiger charge is 2.09. The van der Waals surface area contributed by atoms with Crippen LogP contribution in [0.25, 0.3) is 0 Å². The van der Waals surface area contributed by atoms with Crippen molar-refractivity contribution in [1.29, 1.82) is 0 Å². The summed E-state index contributed by atoms with van der Waals surface area (Å²) < 4.78 is 4.94. The Morgan fingerprint density at radius 1 is 1.33 bits per heavy atom. The number of hydrogen-bond donors (Lipinski definition) is 1. The van der Waals surface area contributed by atoms with Crippen LogP contribution in [-0.2, 0) is 24.1 Å². The Bertz CT molecular complexity index is 294. The quantitative estimate of drug-likeness (QED) is 0.341. The molecule has 0 atom stereocenters. The predicted octanol–water partition coefficient (Wildman–Crippen LogP) is 2.07. The van der Waals surface area contributed by atoms with E-state index < -0.39 is 11.9 Å². The monoisotopic (exact) mass is 260 g/mol. The zero-order valence-electron chi connectivity index (χ0n) is 11.2. The van der Waals surface area contributed by atoms with Gasteiger partial charge >= 0.3 is 11.9 Å². The number of aliphatic carboxylic acids is 1. The van der Waals surface area contributed by atoms with Crippen LogP contribution in [0.3, 0.4) is 0 Å². The van der Waals surface area contributed by atoms with Gasteiger partial charge in [-0.05, 0) is 20.3 Å². The summed E-state index contributed by atoms with van der Waals surface area (Å²) in [6.07, 6.45) is 1.95. The fourth-order valence-electron chi connectivity index (χ4n) is 0.589. The first-order valence-corrected chi connectivity index (χ1v) is 5.35. The molecule has 0 unspecified atom stereocenters. The first-order chi connectivity index (χ1) is 8.40. The van der Waals surface area contributed by atoms with Gasteiger partial charge in [-0.15, -0.1) is 0 Å². The van der Waals surface area contributed by atoms with E-state index in [0.717, 1.165) is 0 Å². The van der Waals surface area contributed by atoms with Crippen molar-refractivity contribution in [3.05, 3.63) is 24.0 Å². The lowest BCUT2D eigenvalue weighted by atomic mass is 10.2. The standard InChI is InChI=1S/C8H14O4.C4H6O2/c1-4-7(6-11-5-2)8(9)12-10-3;1-3(2)4(5)6/h6H,4-5H2,1-3H3;1H2,2H3,(H,5,6). The summed E-state index contributed by atoms with van der Waals surface area (Å²) in [5.41, 5.74) is 0.633. The van der Waals surface area contributed by atoms with Crippen LogP contribution >= 0.6 is 0 Å². The lowest BCUT2D eigenvalue weighted by Gasteiger charge is -2.02. The summed E-state index contributed by atoms with van der Waals surface area (Å²) in [6.45, 7) is 8.81. The van der Waals surface area contributed by atoms with Gasteiger partial charge in [0.05, 0.1) is 25.6 Å². The van der Waals surface area contributed by atoms with Crippen molar-refractivity contribution in [3.8, 4) is 0 Å². The van der Waals surface area contributed by atoms with E-state index in [2.05, 4.69) is 16.4 Å². The third-order valence-electron chi connectivity index (χ3n) is 1.56. The van der Waals surface area contributed by atoms with Gasteiger partial charge in [-0.1, -0.05) is 13.5 Å². The molecule has 1 N–H and O–H groups in total. The van der Waals surface area contributed by atoms with Gasteiger partial charge in [0.15, 0.2) is 0 Å². The number of carboxylic acids is 1. The van der Waals surface area contributed by atoms with E-state index in [1.54, 1.807) is 0 Å². The van der Waals surface area contributed by atoms with Gasteiger partial charge in [0.2, 0.25) is 0 Å². The van der Waals surface area contributed by atoms with E-state index in [1.165, 1.54) is 20.3 Å². The Hall–Kier alpha value is -1.82. The van der Waals surface area contributed by atoms with Gasteiger partial charge in [0, 0.05) is 5.57 Å². The van der Waals surface area contributed by atoms with Crippen LogP contribution in [0.15, 0.2) is 24.0 Å². The molecule has 104 valence electrons. The second kappa shape index (κ2) is 11.7. The molecule has 0 aromatic heterocycles. The van der Waals surface area contributed by atoms with E-state index >= 15 is 0 Å². The molecule has 0 aliphatic heterocycles. The van der Waals surface area contributed by atoms with Gasteiger partial charge in [-0.25, -0.2) is 9.59 Å². The number of carbonyl (C=O) groups is 2. The molecule has 0 amide bonds. The molecule has 0 aromatic carbocycles. The highest BCUT2D eigenvalue weighted by Crippen LogP contribution is 2.03. The number of hydrogen-bond acceptors (Lipinski definition) is 5. The van der Waals surface area contributed by atoms with Gasteiger partial charge in [0.1, 0.15) is 0 Å². The molecule has 0 bridgehead atoms. The maximum atomic E-state index is 11.0. The average Bonchev–Trinajstić information content (AvgIpc) is 2.31. The summed E-state index contributed by atoms with van der Waals surface area (Å²) >= 11 is 0. The Morgan fingerprint density at radius 3 is 2.11 bits per heavy atom. The fourth-order valence-corrected chi connectivity index (χ4v) is 0.589. The van der Waals surface area contributed by atoms with Crippen molar-refractivity contribution >= 4 is 11.9 Å². The van der Waals surface area contributed by atoms with E-state index in [-0.39, 0.29) is 5.57 Å². The van der Waals surface area contributed by atoms with Gasteiger partial charge in [-0.3, -0.25) is 4.89 Å². The SMILES string of the molecule is C=C(C)C(=O)O.CCOC=C(CC)C(=O)OOC. The van der Waals surface area contributed by atoms with Crippen LogP contribution in [0.2, 0.25) is 0 Å². The molecule has 0 fully saturated rings. The molecular weight excluding hydrogens is 240 g/mol. The first-order valence-electron chi connectivity index (χ1n) is 5.35. The molecule has 6 nitrogen and oxygen atoms in total. The van der Waals surface area contributed by atoms with Crippen molar-refractivity contribution < 1.29 is 29.2 Å². The molecule has 0 aliphatic rings. The summed E-state index contributed by atoms with van der Waals surface area (Å²) in [4.78, 5) is 29.1. The largest absolute Gasteiger partial charge is 0.501 e. The maximum Gasteiger partial charge on any atom is 0.372 e. The fraction of sp³-hybridized carbons (Fsp3) is 0.500. The van der Waals surface area contributed by atoms with Crippen LogP contribution < -0.4 is 0 Å². The number of ether oxygens (including phenoxy) is 1. The highest BCUT2D eigenvalue weighted by molar-refractivity contribution is 5.87. The smallest absolute Gasteiger partial charge is 0.372 e. The molecule has 6 heteroatoms. The van der Waals surface area contributed by atoms with Crippen molar-refractivity contribution in [2.24, 2.45) is 0 Å². The van der Waals surface area contributed by atoms with Crippen molar-refractivity contribution in [2.75, 3.05) is 13.7 Å². The minimum Gasteiger partial charge on any atom is -0.501 e. The number of carboxylic acid groups (broad SMARTS) is 1. The minimum absolute atomic E-state index is 0.176. The van der Waals surface area contributed by atoms with Crippen LogP contribution in [0.1, 0.15) is 27.2 Å². The lowest BCUT2D eigenvalue weighted by molar-refractivity contribution is -0.250. The molecule has 0 saturated carbocycles. The minimum atomic E-state index is -0.935. The molecular formula is C12H20O6. The highest BCUT2D eigenvalue weighted by atomic mass is 17.2. The summed E-state index contributed by atoms with van der Waals surface area (Å²) in [5.74, 6) is -1.44. The average molecular weight is 260 g/mol. The summed E-state index contributed by atoms with van der Waals surface area (Å²) in [6, 6.07) is 0. The Labute approximate surface area is 107 Å².